The maximum Gasteiger partial charge on any atom is 0.186 e. The van der Waals surface area contributed by atoms with Crippen molar-refractivity contribution in [2.75, 3.05) is 6.61 Å². The lowest BCUT2D eigenvalue weighted by Gasteiger charge is -2.42. The first-order valence-electron chi connectivity index (χ1n) is 9.43. The Labute approximate surface area is 166 Å². The molecule has 1 aromatic rings. The topological polar surface area (TPSA) is 149 Å². The Kier molecular flexibility index (Phi) is 5.41. The van der Waals surface area contributed by atoms with Crippen molar-refractivity contribution in [2.45, 2.75) is 49.7 Å². The number of benzene rings is 1. The van der Waals surface area contributed by atoms with Crippen LogP contribution < -0.4 is 4.74 Å². The summed E-state index contributed by atoms with van der Waals surface area (Å²) in [5.74, 6) is -0.317. The van der Waals surface area contributed by atoms with E-state index in [0.717, 1.165) is 5.56 Å². The molecular formula is C20H24O9. The summed E-state index contributed by atoms with van der Waals surface area (Å²) < 4.78 is 17.4. The van der Waals surface area contributed by atoms with Crippen molar-refractivity contribution in [1.82, 2.24) is 0 Å². The lowest BCUT2D eigenvalue weighted by atomic mass is 9.86. The van der Waals surface area contributed by atoms with Crippen molar-refractivity contribution in [3.63, 3.8) is 0 Å². The number of rotatable bonds is 3. The van der Waals surface area contributed by atoms with Crippen molar-refractivity contribution in [1.29, 1.82) is 0 Å². The van der Waals surface area contributed by atoms with Gasteiger partial charge in [-0.25, -0.2) is 0 Å². The number of fused-ring (bicyclic) bond motifs is 1. The lowest BCUT2D eigenvalue weighted by Crippen LogP contribution is -2.56. The highest BCUT2D eigenvalue weighted by atomic mass is 16.7. The number of aliphatic hydroxyl groups excluding tert-OH is 5. The summed E-state index contributed by atoms with van der Waals surface area (Å²) in [6, 6.07) is 4.72. The quantitative estimate of drug-likeness (QED) is 0.418. The van der Waals surface area contributed by atoms with Crippen LogP contribution in [0.4, 0.5) is 0 Å². The molecular weight excluding hydrogens is 384 g/mol. The van der Waals surface area contributed by atoms with Gasteiger partial charge in [0.1, 0.15) is 42.0 Å². The second-order valence-corrected chi connectivity index (χ2v) is 7.54. The average molecular weight is 408 g/mol. The molecule has 4 rings (SSSR count). The number of aliphatic hydroxyl groups is 5. The van der Waals surface area contributed by atoms with Gasteiger partial charge in [-0.1, -0.05) is 6.07 Å². The molecule has 158 valence electrons. The normalized spacial score (nSPS) is 37.1. The van der Waals surface area contributed by atoms with E-state index in [9.17, 15) is 30.6 Å². The van der Waals surface area contributed by atoms with Crippen molar-refractivity contribution < 1.29 is 44.8 Å². The number of hydrogen-bond donors (Lipinski definition) is 6. The molecule has 0 bridgehead atoms. The Balaban J connectivity index is 1.59. The first kappa shape index (κ1) is 20.0. The summed E-state index contributed by atoms with van der Waals surface area (Å²) in [6.45, 7) is -0.188. The predicted octanol–water partition coefficient (Wildman–Crippen LogP) is 0.424. The van der Waals surface area contributed by atoms with Crippen LogP contribution in [0.15, 0.2) is 41.9 Å². The van der Waals surface area contributed by atoms with Crippen LogP contribution in [-0.4, -0.2) is 74.1 Å². The Hall–Kier alpha value is -2.30. The minimum absolute atomic E-state index is 0.0459. The Bertz CT molecular complexity index is 820. The second kappa shape index (κ2) is 7.85. The minimum Gasteiger partial charge on any atom is -0.508 e. The number of ether oxygens (including phenoxy) is 3. The second-order valence-electron chi connectivity index (χ2n) is 7.54. The van der Waals surface area contributed by atoms with Gasteiger partial charge in [0.05, 0.1) is 6.61 Å². The fraction of sp³-hybridized carbons (Fsp3) is 0.500. The summed E-state index contributed by atoms with van der Waals surface area (Å²) >= 11 is 0. The van der Waals surface area contributed by atoms with Crippen LogP contribution in [0.5, 0.6) is 11.5 Å². The Morgan fingerprint density at radius 2 is 1.79 bits per heavy atom. The molecule has 0 unspecified atom stereocenters. The van der Waals surface area contributed by atoms with Gasteiger partial charge < -0.3 is 44.8 Å². The SMILES string of the molecule is OC1=CC[C@H]([C@H]2Oc3cc(O)ccc3C[C@@H]2O[C@@H]2OC[C@@H](O)[C@@H](O)[C@H]2O)C=C1O. The number of aromatic hydroxyl groups is 1. The minimum atomic E-state index is -1.44. The van der Waals surface area contributed by atoms with Crippen molar-refractivity contribution >= 4 is 0 Å². The molecule has 1 aliphatic carbocycles. The molecule has 0 spiro atoms. The van der Waals surface area contributed by atoms with Gasteiger partial charge in [-0.2, -0.15) is 0 Å². The third kappa shape index (κ3) is 3.92. The van der Waals surface area contributed by atoms with Gasteiger partial charge >= 0.3 is 0 Å². The van der Waals surface area contributed by atoms with E-state index in [4.69, 9.17) is 14.2 Å². The fourth-order valence-electron chi connectivity index (χ4n) is 3.87. The highest BCUT2D eigenvalue weighted by Gasteiger charge is 2.43. The van der Waals surface area contributed by atoms with Crippen LogP contribution >= 0.6 is 0 Å². The molecule has 1 aromatic carbocycles. The van der Waals surface area contributed by atoms with Gasteiger partial charge in [0.25, 0.3) is 0 Å². The van der Waals surface area contributed by atoms with Crippen LogP contribution in [0.2, 0.25) is 0 Å². The largest absolute Gasteiger partial charge is 0.508 e. The zero-order valence-electron chi connectivity index (χ0n) is 15.5. The summed E-state index contributed by atoms with van der Waals surface area (Å²) in [5.41, 5.74) is 0.775. The standard InChI is InChI=1S/C20H24O9/c21-11-3-1-9-6-16(29-20-18(26)17(25)14(24)8-27-20)19(28-15(9)7-11)10-2-4-12(22)13(23)5-10/h1,3-5,7,10,14,16-26H,2,6,8H2/t10-,14+,16-,17+,18+,19+,20-/m0/s1. The van der Waals surface area contributed by atoms with Gasteiger partial charge in [0, 0.05) is 18.4 Å². The first-order valence-corrected chi connectivity index (χ1v) is 9.43. The molecule has 7 atom stereocenters. The van der Waals surface area contributed by atoms with E-state index in [1.807, 2.05) is 0 Å². The monoisotopic (exact) mass is 408 g/mol. The zero-order valence-corrected chi connectivity index (χ0v) is 15.5. The Morgan fingerprint density at radius 1 is 1.00 bits per heavy atom. The molecule has 9 nitrogen and oxygen atoms in total. The van der Waals surface area contributed by atoms with Crippen LogP contribution in [-0.2, 0) is 15.9 Å². The molecule has 2 heterocycles. The predicted molar refractivity (Wildman–Crippen MR) is 98.4 cm³/mol. The van der Waals surface area contributed by atoms with Crippen molar-refractivity contribution in [3.8, 4) is 11.5 Å². The van der Waals surface area contributed by atoms with Gasteiger partial charge in [-0.3, -0.25) is 0 Å². The average Bonchev–Trinajstić information content (AvgIpc) is 2.70. The maximum absolute atomic E-state index is 10.2. The third-order valence-electron chi connectivity index (χ3n) is 5.50. The van der Waals surface area contributed by atoms with Crippen LogP contribution in [0.1, 0.15) is 12.0 Å². The molecule has 3 aliphatic rings. The van der Waals surface area contributed by atoms with E-state index in [1.165, 1.54) is 24.3 Å². The summed E-state index contributed by atoms with van der Waals surface area (Å²) in [5, 5.41) is 59.1. The molecule has 1 fully saturated rings. The zero-order chi connectivity index (χ0) is 20.7. The number of hydrogen-bond acceptors (Lipinski definition) is 9. The number of phenols is 1. The molecule has 0 amide bonds. The molecule has 29 heavy (non-hydrogen) atoms. The third-order valence-corrected chi connectivity index (χ3v) is 5.50. The highest BCUT2D eigenvalue weighted by Crippen LogP contribution is 2.38. The maximum atomic E-state index is 10.2. The smallest absolute Gasteiger partial charge is 0.186 e. The van der Waals surface area contributed by atoms with Gasteiger partial charge in [0.15, 0.2) is 17.8 Å². The van der Waals surface area contributed by atoms with E-state index in [2.05, 4.69) is 0 Å². The van der Waals surface area contributed by atoms with E-state index in [-0.39, 0.29) is 29.8 Å². The van der Waals surface area contributed by atoms with Gasteiger partial charge in [0.2, 0.25) is 0 Å². The van der Waals surface area contributed by atoms with E-state index >= 15 is 0 Å². The molecule has 0 saturated carbocycles. The summed E-state index contributed by atoms with van der Waals surface area (Å²) in [6.07, 6.45) is -2.79. The lowest BCUT2D eigenvalue weighted by molar-refractivity contribution is -0.291. The van der Waals surface area contributed by atoms with Crippen molar-refractivity contribution in [2.24, 2.45) is 5.92 Å². The molecule has 2 aliphatic heterocycles. The van der Waals surface area contributed by atoms with Crippen LogP contribution in [0, 0.1) is 5.92 Å². The summed E-state index contributed by atoms with van der Waals surface area (Å²) in [7, 11) is 0. The molecule has 6 N–H and O–H groups in total. The first-order chi connectivity index (χ1) is 13.8. The van der Waals surface area contributed by atoms with Crippen molar-refractivity contribution in [3.05, 3.63) is 47.4 Å². The molecule has 1 saturated heterocycles. The summed E-state index contributed by atoms with van der Waals surface area (Å²) in [4.78, 5) is 0. The van der Waals surface area contributed by atoms with E-state index in [1.54, 1.807) is 6.07 Å². The number of phenolic OH excluding ortho intramolecular Hbond substituents is 1. The van der Waals surface area contributed by atoms with Crippen LogP contribution in [0.25, 0.3) is 0 Å². The van der Waals surface area contributed by atoms with Gasteiger partial charge in [-0.05, 0) is 30.2 Å². The highest BCUT2D eigenvalue weighted by molar-refractivity contribution is 5.42. The fourth-order valence-corrected chi connectivity index (χ4v) is 3.87. The Morgan fingerprint density at radius 3 is 2.55 bits per heavy atom. The molecule has 0 radical (unpaired) electrons. The molecule has 9 heteroatoms. The van der Waals surface area contributed by atoms with Crippen LogP contribution in [0.3, 0.4) is 0 Å². The van der Waals surface area contributed by atoms with E-state index in [0.29, 0.717) is 18.6 Å². The molecule has 0 aromatic heterocycles. The van der Waals surface area contributed by atoms with Gasteiger partial charge in [-0.15, -0.1) is 0 Å². The number of allylic oxidation sites excluding steroid dienone is 1. The van der Waals surface area contributed by atoms with E-state index < -0.39 is 36.8 Å².